The fourth-order valence-corrected chi connectivity index (χ4v) is 13.6. The predicted octanol–water partition coefficient (Wildman–Crippen LogP) is 23.1. The van der Waals surface area contributed by atoms with E-state index in [9.17, 15) is 0 Å². The fourth-order valence-electron chi connectivity index (χ4n) is 13.3. The Bertz CT molecular complexity index is 1010. The lowest BCUT2D eigenvalue weighted by Crippen LogP contribution is -2.28. The Morgan fingerprint density at radius 1 is 0.254 bits per heavy atom. The molecule has 428 valence electrons. The highest BCUT2D eigenvalue weighted by Gasteiger charge is 2.23. The molecule has 0 aliphatic rings. The van der Waals surface area contributed by atoms with Gasteiger partial charge in [-0.3, -0.25) is 0 Å². The van der Waals surface area contributed by atoms with Gasteiger partial charge in [-0.15, -0.1) is 23.2 Å². The van der Waals surface area contributed by atoms with Crippen LogP contribution in [-0.2, 0) is 14.2 Å². The summed E-state index contributed by atoms with van der Waals surface area (Å²) >= 11 is 11.9. The highest BCUT2D eigenvalue weighted by Crippen LogP contribution is 2.33. The quantitative estimate of drug-likeness (QED) is 0.0345. The average Bonchev–Trinajstić information content (AvgIpc) is 3.28. The van der Waals surface area contributed by atoms with E-state index in [2.05, 4.69) is 96.9 Å². The minimum absolute atomic E-state index is 0.172. The maximum Gasteiger partial charge on any atom is 0.160 e. The molecule has 14 unspecified atom stereocenters. The Balaban J connectivity index is 5.38. The molecular weight excluding hydrogens is 912 g/mol. The summed E-state index contributed by atoms with van der Waals surface area (Å²) in [6.45, 7) is 36.1. The lowest BCUT2D eigenvalue weighted by atomic mass is 9.81. The number of hydrogen-bond donors (Lipinski definition) is 0. The molecule has 0 aromatic heterocycles. The van der Waals surface area contributed by atoms with E-state index in [0.717, 1.165) is 147 Å². The van der Waals surface area contributed by atoms with Gasteiger partial charge in [-0.25, -0.2) is 0 Å². The van der Waals surface area contributed by atoms with Gasteiger partial charge in [-0.05, 0) is 199 Å². The summed E-state index contributed by atoms with van der Waals surface area (Å²) in [5.41, 5.74) is 0. The van der Waals surface area contributed by atoms with Crippen molar-refractivity contribution in [3.05, 3.63) is 0 Å². The maximum atomic E-state index is 6.95. The Kier molecular flexibility index (Phi) is 49.1. The van der Waals surface area contributed by atoms with E-state index in [4.69, 9.17) is 37.4 Å². The van der Waals surface area contributed by atoms with Crippen LogP contribution in [0.3, 0.4) is 0 Å². The van der Waals surface area contributed by atoms with Crippen molar-refractivity contribution in [2.45, 2.75) is 328 Å². The third kappa shape index (κ3) is 46.3. The molecule has 0 aromatic carbocycles. The van der Waals surface area contributed by atoms with Gasteiger partial charge >= 0.3 is 0 Å². The van der Waals surface area contributed by atoms with E-state index >= 15 is 0 Å². The van der Waals surface area contributed by atoms with Gasteiger partial charge in [0.2, 0.25) is 0 Å². The Labute approximate surface area is 458 Å². The smallest absolute Gasteiger partial charge is 0.160 e. The molecule has 0 bridgehead atoms. The Morgan fingerprint density at radius 2 is 0.479 bits per heavy atom. The van der Waals surface area contributed by atoms with Crippen LogP contribution in [0.1, 0.15) is 315 Å². The fraction of sp³-hybridized carbons (Fsp3) is 1.00. The zero-order valence-electron chi connectivity index (χ0n) is 50.9. The minimum Gasteiger partial charge on any atom is -0.353 e. The first-order valence-electron chi connectivity index (χ1n) is 32.0. The largest absolute Gasteiger partial charge is 0.353 e. The van der Waals surface area contributed by atoms with E-state index in [1.807, 2.05) is 0 Å². The number of alkyl halides is 2. The van der Waals surface area contributed by atoms with Gasteiger partial charge < -0.3 is 14.2 Å². The molecule has 0 aromatic rings. The molecule has 5 heteroatoms. The molecule has 0 aliphatic carbocycles. The number of rotatable bonds is 54. The van der Waals surface area contributed by atoms with Crippen LogP contribution in [-0.4, -0.2) is 37.6 Å². The second-order valence-electron chi connectivity index (χ2n) is 26.1. The summed E-state index contributed by atoms with van der Waals surface area (Å²) < 4.78 is 20.3. The molecule has 0 amide bonds. The summed E-state index contributed by atoms with van der Waals surface area (Å²) in [5, 5.41) is 0. The Morgan fingerprint density at radius 3 is 0.732 bits per heavy atom. The molecule has 3 nitrogen and oxygen atoms in total. The SMILES string of the molecule is CCCCCCCCCOC(CCCC(C)CC(C)CC(C)CC(C)CC(C)CC(C)CCCCl)OC(CCCC(C)CC(C)CC(C)CC(C)CC(C)CC(C)CCCCl)OCCCCCCCCC. The van der Waals surface area contributed by atoms with E-state index in [1.165, 1.54) is 167 Å². The summed E-state index contributed by atoms with van der Waals surface area (Å²) in [6.07, 6.45) is 43.0. The highest BCUT2D eigenvalue weighted by molar-refractivity contribution is 6.18. The molecule has 0 saturated heterocycles. The van der Waals surface area contributed by atoms with Crippen LogP contribution >= 0.6 is 23.2 Å². The van der Waals surface area contributed by atoms with Crippen LogP contribution in [0.5, 0.6) is 0 Å². The van der Waals surface area contributed by atoms with Crippen molar-refractivity contribution < 1.29 is 14.2 Å². The van der Waals surface area contributed by atoms with Crippen LogP contribution in [0.2, 0.25) is 0 Å². The predicted molar refractivity (Wildman–Crippen MR) is 320 cm³/mol. The average molecular weight is 1040 g/mol. The van der Waals surface area contributed by atoms with Gasteiger partial charge in [-0.2, -0.15) is 0 Å². The van der Waals surface area contributed by atoms with Crippen molar-refractivity contribution >= 4 is 23.2 Å². The number of unbranched alkanes of at least 4 members (excludes halogenated alkanes) is 12. The molecule has 0 rings (SSSR count). The van der Waals surface area contributed by atoms with Crippen molar-refractivity contribution in [3.63, 3.8) is 0 Å². The zero-order chi connectivity index (χ0) is 53.1. The second kappa shape index (κ2) is 48.8. The minimum atomic E-state index is -0.172. The van der Waals surface area contributed by atoms with E-state index in [1.54, 1.807) is 0 Å². The standard InChI is InChI=1S/C66H132Cl2O3/c1-15-17-19-21-23-25-27-41-69-65(37-29-33-53(3)43-57(7)47-61(11)51-63(13)49-59(9)45-55(5)35-31-39-67)71-66(70-42-28-26-24-22-20-18-16-2)38-30-34-54(4)44-58(8)48-62(12)52-64(14)50-60(10)46-56(6)36-32-40-68/h53-66H,15-52H2,1-14H3. The number of hydrogen-bond acceptors (Lipinski definition) is 3. The van der Waals surface area contributed by atoms with Gasteiger partial charge in [0.25, 0.3) is 0 Å². The molecule has 0 aliphatic heterocycles. The van der Waals surface area contributed by atoms with Crippen LogP contribution in [0.15, 0.2) is 0 Å². The maximum absolute atomic E-state index is 6.95. The van der Waals surface area contributed by atoms with Crippen LogP contribution in [0.4, 0.5) is 0 Å². The molecule has 0 heterocycles. The van der Waals surface area contributed by atoms with Crippen molar-refractivity contribution in [1.29, 1.82) is 0 Å². The van der Waals surface area contributed by atoms with E-state index < -0.39 is 0 Å². The summed E-state index contributed by atoms with van der Waals surface area (Å²) in [7, 11) is 0. The monoisotopic (exact) mass is 1040 g/mol. The molecular formula is C66H132Cl2O3. The van der Waals surface area contributed by atoms with Gasteiger partial charge in [0.05, 0.1) is 0 Å². The van der Waals surface area contributed by atoms with Gasteiger partial charge in [0.1, 0.15) is 0 Å². The lowest BCUT2D eigenvalue weighted by Gasteiger charge is -2.27. The number of ether oxygens (including phenoxy) is 3. The van der Waals surface area contributed by atoms with Crippen LogP contribution < -0.4 is 0 Å². The number of halogens is 2. The topological polar surface area (TPSA) is 27.7 Å². The molecule has 0 N–H and O–H groups in total. The second-order valence-corrected chi connectivity index (χ2v) is 26.9. The zero-order valence-corrected chi connectivity index (χ0v) is 52.4. The van der Waals surface area contributed by atoms with Crippen molar-refractivity contribution in [2.24, 2.45) is 71.0 Å². The van der Waals surface area contributed by atoms with Crippen molar-refractivity contribution in [3.8, 4) is 0 Å². The summed E-state index contributed by atoms with van der Waals surface area (Å²) in [4.78, 5) is 0. The van der Waals surface area contributed by atoms with Gasteiger partial charge in [0.15, 0.2) is 12.6 Å². The third-order valence-electron chi connectivity index (χ3n) is 16.4. The summed E-state index contributed by atoms with van der Waals surface area (Å²) in [6, 6.07) is 0. The van der Waals surface area contributed by atoms with Gasteiger partial charge in [-0.1, -0.05) is 187 Å². The van der Waals surface area contributed by atoms with Crippen LogP contribution in [0.25, 0.3) is 0 Å². The first kappa shape index (κ1) is 71.5. The molecule has 0 spiro atoms. The van der Waals surface area contributed by atoms with Gasteiger partial charge in [0, 0.05) is 25.0 Å². The van der Waals surface area contributed by atoms with E-state index in [-0.39, 0.29) is 12.6 Å². The first-order valence-corrected chi connectivity index (χ1v) is 33.1. The van der Waals surface area contributed by atoms with Crippen LogP contribution in [0, 0.1) is 71.0 Å². The third-order valence-corrected chi connectivity index (χ3v) is 16.9. The first-order chi connectivity index (χ1) is 34.0. The molecule has 0 fully saturated rings. The highest BCUT2D eigenvalue weighted by atomic mass is 35.5. The molecule has 0 radical (unpaired) electrons. The van der Waals surface area contributed by atoms with E-state index in [0.29, 0.717) is 0 Å². The summed E-state index contributed by atoms with van der Waals surface area (Å²) in [5.74, 6) is 11.0. The Hall–Kier alpha value is 0.460. The molecule has 0 saturated carbocycles. The van der Waals surface area contributed by atoms with Crippen molar-refractivity contribution in [2.75, 3.05) is 25.0 Å². The normalized spacial score (nSPS) is 18.3. The molecule has 71 heavy (non-hydrogen) atoms. The molecule has 14 atom stereocenters. The van der Waals surface area contributed by atoms with Crippen molar-refractivity contribution in [1.82, 2.24) is 0 Å². The lowest BCUT2D eigenvalue weighted by molar-refractivity contribution is -0.250.